The van der Waals surface area contributed by atoms with Crippen LogP contribution in [-0.2, 0) is 7.05 Å². The molecule has 2 rings (SSSR count). The average Bonchev–Trinajstić information content (AvgIpc) is 2.67. The first-order chi connectivity index (χ1) is 8.58. The Hall–Kier alpha value is -1.13. The Bertz CT molecular complexity index is 585. The van der Waals surface area contributed by atoms with Crippen LogP contribution in [0.1, 0.15) is 23.7 Å². The summed E-state index contributed by atoms with van der Waals surface area (Å²) in [5.41, 5.74) is 1.86. The van der Waals surface area contributed by atoms with E-state index in [0.29, 0.717) is 0 Å². The molecule has 3 nitrogen and oxygen atoms in total. The van der Waals surface area contributed by atoms with E-state index in [4.69, 9.17) is 0 Å². The predicted molar refractivity (Wildman–Crippen MR) is 78.1 cm³/mol. The maximum atomic E-state index is 12.5. The normalized spacial score (nSPS) is 12.9. The summed E-state index contributed by atoms with van der Waals surface area (Å²) in [5, 5.41) is 4.07. The molecule has 0 aliphatic carbocycles. The maximum Gasteiger partial charge on any atom is 0.181 e. The zero-order chi connectivity index (χ0) is 13.3. The van der Waals surface area contributed by atoms with Crippen molar-refractivity contribution in [3.63, 3.8) is 0 Å². The molecule has 0 saturated heterocycles. The number of nitrogens with one attached hydrogen (secondary N) is 1. The Labute approximate surface area is 115 Å². The van der Waals surface area contributed by atoms with Crippen LogP contribution >= 0.6 is 15.9 Å². The van der Waals surface area contributed by atoms with Crippen molar-refractivity contribution in [1.82, 2.24) is 9.88 Å². The summed E-state index contributed by atoms with van der Waals surface area (Å²) in [4.78, 5) is 12.5. The lowest BCUT2D eigenvalue weighted by Gasteiger charge is -2.11. The molecule has 0 radical (unpaired) electrons. The van der Waals surface area contributed by atoms with Gasteiger partial charge in [-0.3, -0.25) is 4.79 Å². The van der Waals surface area contributed by atoms with Gasteiger partial charge in [0, 0.05) is 34.2 Å². The van der Waals surface area contributed by atoms with Gasteiger partial charge in [0.2, 0.25) is 0 Å². The van der Waals surface area contributed by atoms with E-state index in [1.54, 1.807) is 0 Å². The van der Waals surface area contributed by atoms with Crippen LogP contribution < -0.4 is 5.32 Å². The molecule has 2 aromatic rings. The number of benzene rings is 1. The van der Waals surface area contributed by atoms with Crippen LogP contribution in [-0.4, -0.2) is 23.4 Å². The van der Waals surface area contributed by atoms with E-state index in [2.05, 4.69) is 21.2 Å². The minimum atomic E-state index is -0.116. The summed E-state index contributed by atoms with van der Waals surface area (Å²) in [6.07, 6.45) is 2.71. The van der Waals surface area contributed by atoms with E-state index in [1.165, 1.54) is 0 Å². The fourth-order valence-corrected chi connectivity index (χ4v) is 2.63. The standard InChI is InChI=1S/C14H17BrN2O/c1-4-12(16-2)14(18)11-8-17(3)13-6-5-9(15)7-10(11)13/h5-8,12,16H,4H2,1-3H3. The fraction of sp³-hybridized carbons (Fsp3) is 0.357. The SMILES string of the molecule is CCC(NC)C(=O)c1cn(C)c2ccc(Br)cc12. The Morgan fingerprint density at radius 3 is 2.83 bits per heavy atom. The molecule has 0 aliphatic rings. The number of hydrogen-bond donors (Lipinski definition) is 1. The van der Waals surface area contributed by atoms with E-state index >= 15 is 0 Å². The van der Waals surface area contributed by atoms with Gasteiger partial charge in [0.05, 0.1) is 6.04 Å². The second kappa shape index (κ2) is 5.24. The zero-order valence-corrected chi connectivity index (χ0v) is 12.4. The van der Waals surface area contributed by atoms with Crippen LogP contribution in [0.15, 0.2) is 28.9 Å². The maximum absolute atomic E-state index is 12.5. The zero-order valence-electron chi connectivity index (χ0n) is 10.8. The Morgan fingerprint density at radius 2 is 2.22 bits per heavy atom. The number of fused-ring (bicyclic) bond motifs is 1. The van der Waals surface area contributed by atoms with Gasteiger partial charge < -0.3 is 9.88 Å². The van der Waals surface area contributed by atoms with Crippen LogP contribution in [0.5, 0.6) is 0 Å². The molecule has 1 N–H and O–H groups in total. The fourth-order valence-electron chi connectivity index (χ4n) is 2.27. The monoisotopic (exact) mass is 308 g/mol. The van der Waals surface area contributed by atoms with Crippen molar-refractivity contribution >= 4 is 32.6 Å². The number of Topliss-reactive ketones (excluding diaryl/α,β-unsaturated/α-hetero) is 1. The van der Waals surface area contributed by atoms with E-state index < -0.39 is 0 Å². The first kappa shape index (κ1) is 13.3. The van der Waals surface area contributed by atoms with Gasteiger partial charge >= 0.3 is 0 Å². The van der Waals surface area contributed by atoms with Crippen molar-refractivity contribution in [2.24, 2.45) is 7.05 Å². The molecule has 1 aromatic carbocycles. The smallest absolute Gasteiger partial charge is 0.181 e. The van der Waals surface area contributed by atoms with Gasteiger partial charge in [-0.25, -0.2) is 0 Å². The molecule has 1 unspecified atom stereocenters. The molecule has 18 heavy (non-hydrogen) atoms. The number of carbonyl (C=O) groups is 1. The molecule has 1 aromatic heterocycles. The van der Waals surface area contributed by atoms with Crippen molar-refractivity contribution in [2.45, 2.75) is 19.4 Å². The molecule has 0 aliphatic heterocycles. The number of ketones is 1. The number of aromatic nitrogens is 1. The lowest BCUT2D eigenvalue weighted by Crippen LogP contribution is -2.33. The second-order valence-electron chi connectivity index (χ2n) is 4.43. The minimum absolute atomic E-state index is 0.116. The van der Waals surface area contributed by atoms with Gasteiger partial charge in [0.25, 0.3) is 0 Å². The van der Waals surface area contributed by atoms with Crippen molar-refractivity contribution < 1.29 is 4.79 Å². The van der Waals surface area contributed by atoms with Crippen molar-refractivity contribution in [2.75, 3.05) is 7.05 Å². The lowest BCUT2D eigenvalue weighted by atomic mass is 10.0. The summed E-state index contributed by atoms with van der Waals surface area (Å²) < 4.78 is 2.99. The predicted octanol–water partition coefficient (Wildman–Crippen LogP) is 3.12. The first-order valence-corrected chi connectivity index (χ1v) is 6.83. The average molecular weight is 309 g/mol. The van der Waals surface area contributed by atoms with Gasteiger partial charge in [0.15, 0.2) is 5.78 Å². The van der Waals surface area contributed by atoms with Gasteiger partial charge in [0.1, 0.15) is 0 Å². The van der Waals surface area contributed by atoms with E-state index in [0.717, 1.165) is 27.4 Å². The molecule has 4 heteroatoms. The Balaban J connectivity index is 2.57. The van der Waals surface area contributed by atoms with Crippen LogP contribution in [0.4, 0.5) is 0 Å². The number of hydrogen-bond acceptors (Lipinski definition) is 2. The molecule has 0 fully saturated rings. The molecule has 0 bridgehead atoms. The third kappa shape index (κ3) is 2.22. The molecular formula is C14H17BrN2O. The van der Waals surface area contributed by atoms with E-state index in [9.17, 15) is 4.79 Å². The molecule has 1 heterocycles. The van der Waals surface area contributed by atoms with Gasteiger partial charge in [-0.15, -0.1) is 0 Å². The van der Waals surface area contributed by atoms with Crippen LogP contribution in [0.2, 0.25) is 0 Å². The Morgan fingerprint density at radius 1 is 1.50 bits per heavy atom. The summed E-state index contributed by atoms with van der Waals surface area (Å²) in [5.74, 6) is 0.156. The summed E-state index contributed by atoms with van der Waals surface area (Å²) >= 11 is 3.46. The van der Waals surface area contributed by atoms with Crippen LogP contribution in [0.25, 0.3) is 10.9 Å². The molecular weight excluding hydrogens is 292 g/mol. The van der Waals surface area contributed by atoms with Crippen LogP contribution in [0.3, 0.4) is 0 Å². The highest BCUT2D eigenvalue weighted by Crippen LogP contribution is 2.25. The van der Waals surface area contributed by atoms with Crippen LogP contribution in [0, 0.1) is 0 Å². The number of carbonyl (C=O) groups excluding carboxylic acids is 1. The molecule has 96 valence electrons. The van der Waals surface area contributed by atoms with E-state index in [1.807, 2.05) is 50.0 Å². The Kier molecular flexibility index (Phi) is 3.88. The van der Waals surface area contributed by atoms with Crippen molar-refractivity contribution in [3.05, 3.63) is 34.4 Å². The van der Waals surface area contributed by atoms with Crippen molar-refractivity contribution in [1.29, 1.82) is 0 Å². The highest BCUT2D eigenvalue weighted by atomic mass is 79.9. The third-order valence-electron chi connectivity index (χ3n) is 3.29. The number of likely N-dealkylation sites (N-methyl/N-ethyl adjacent to an activating group) is 1. The topological polar surface area (TPSA) is 34.0 Å². The minimum Gasteiger partial charge on any atom is -0.350 e. The molecule has 1 atom stereocenters. The summed E-state index contributed by atoms with van der Waals surface area (Å²) in [6.45, 7) is 2.01. The number of aryl methyl sites for hydroxylation is 1. The van der Waals surface area contributed by atoms with E-state index in [-0.39, 0.29) is 11.8 Å². The highest BCUT2D eigenvalue weighted by molar-refractivity contribution is 9.10. The van der Waals surface area contributed by atoms with Gasteiger partial charge in [-0.05, 0) is 31.7 Å². The highest BCUT2D eigenvalue weighted by Gasteiger charge is 2.20. The lowest BCUT2D eigenvalue weighted by molar-refractivity contribution is 0.0946. The third-order valence-corrected chi connectivity index (χ3v) is 3.78. The number of nitrogens with zero attached hydrogens (tertiary/aromatic N) is 1. The molecule has 0 spiro atoms. The molecule has 0 amide bonds. The number of rotatable bonds is 4. The number of halogens is 1. The molecule has 0 saturated carbocycles. The second-order valence-corrected chi connectivity index (χ2v) is 5.34. The quantitative estimate of drug-likeness (QED) is 0.881. The largest absolute Gasteiger partial charge is 0.350 e. The first-order valence-electron chi connectivity index (χ1n) is 6.04. The van der Waals surface area contributed by atoms with Gasteiger partial charge in [-0.1, -0.05) is 22.9 Å². The van der Waals surface area contributed by atoms with Gasteiger partial charge in [-0.2, -0.15) is 0 Å². The van der Waals surface area contributed by atoms with Crippen molar-refractivity contribution in [3.8, 4) is 0 Å². The summed E-state index contributed by atoms with van der Waals surface area (Å²) in [6, 6.07) is 5.91. The summed E-state index contributed by atoms with van der Waals surface area (Å²) in [7, 11) is 3.79.